The van der Waals surface area contributed by atoms with Crippen LogP contribution in [0.1, 0.15) is 23.2 Å². The van der Waals surface area contributed by atoms with Gasteiger partial charge >= 0.3 is 5.97 Å². The van der Waals surface area contributed by atoms with Gasteiger partial charge in [0.25, 0.3) is 5.82 Å². The number of esters is 1. The molecule has 8 heteroatoms. The van der Waals surface area contributed by atoms with Gasteiger partial charge in [0.1, 0.15) is 6.33 Å². The van der Waals surface area contributed by atoms with Crippen LogP contribution < -0.4 is 5.73 Å². The Morgan fingerprint density at radius 1 is 1.50 bits per heavy atom. The highest BCUT2D eigenvalue weighted by Gasteiger charge is 2.17. The first kappa shape index (κ1) is 12.1. The topological polar surface area (TPSA) is 101 Å². The highest BCUT2D eigenvalue weighted by molar-refractivity contribution is 5.84. The van der Waals surface area contributed by atoms with E-state index >= 15 is 0 Å². The van der Waals surface area contributed by atoms with E-state index in [0.29, 0.717) is 23.7 Å². The van der Waals surface area contributed by atoms with E-state index in [4.69, 9.17) is 5.73 Å². The molecular formula is C10H14N6O2. The van der Waals surface area contributed by atoms with Gasteiger partial charge in [-0.05, 0) is 13.8 Å². The smallest absolute Gasteiger partial charge is 0.377 e. The molecule has 0 fully saturated rings. The minimum Gasteiger partial charge on any atom is -0.463 e. The highest BCUT2D eigenvalue weighted by Crippen LogP contribution is 2.19. The van der Waals surface area contributed by atoms with Crippen molar-refractivity contribution in [1.82, 2.24) is 24.5 Å². The first-order valence-corrected chi connectivity index (χ1v) is 5.41. The predicted molar refractivity (Wildman–Crippen MR) is 63.3 cm³/mol. The second-order valence-corrected chi connectivity index (χ2v) is 3.64. The summed E-state index contributed by atoms with van der Waals surface area (Å²) < 4.78 is 7.66. The van der Waals surface area contributed by atoms with Crippen molar-refractivity contribution in [2.24, 2.45) is 0 Å². The van der Waals surface area contributed by atoms with Crippen molar-refractivity contribution in [2.45, 2.75) is 20.4 Å². The van der Waals surface area contributed by atoms with Crippen LogP contribution in [0.25, 0.3) is 5.82 Å². The van der Waals surface area contributed by atoms with Crippen LogP contribution in [0.4, 0.5) is 5.69 Å². The number of carbonyl (C=O) groups is 1. The lowest BCUT2D eigenvalue weighted by atomic mass is 10.4. The maximum Gasteiger partial charge on any atom is 0.377 e. The lowest BCUT2D eigenvalue weighted by Gasteiger charge is -2.04. The van der Waals surface area contributed by atoms with Crippen LogP contribution in [0.15, 0.2) is 6.33 Å². The summed E-state index contributed by atoms with van der Waals surface area (Å²) in [5.41, 5.74) is 7.16. The van der Waals surface area contributed by atoms with Gasteiger partial charge < -0.3 is 10.5 Å². The summed E-state index contributed by atoms with van der Waals surface area (Å²) >= 11 is 0. The van der Waals surface area contributed by atoms with Crippen molar-refractivity contribution in [3.63, 3.8) is 0 Å². The zero-order valence-electron chi connectivity index (χ0n) is 10.4. The van der Waals surface area contributed by atoms with Gasteiger partial charge in [0.05, 0.1) is 18.5 Å². The molecule has 0 saturated carbocycles. The summed E-state index contributed by atoms with van der Waals surface area (Å²) in [6.45, 7) is 4.39. The van der Waals surface area contributed by atoms with E-state index in [1.165, 1.54) is 18.1 Å². The maximum atomic E-state index is 11.3. The Balaban J connectivity index is 2.49. The van der Waals surface area contributed by atoms with E-state index < -0.39 is 5.97 Å². The Hall–Kier alpha value is -2.38. The molecule has 0 aliphatic rings. The van der Waals surface area contributed by atoms with E-state index in [0.717, 1.165) is 0 Å². The molecule has 0 saturated heterocycles. The number of nitrogens with zero attached hydrogens (tertiary/aromatic N) is 5. The number of aryl methyl sites for hydroxylation is 2. The normalized spacial score (nSPS) is 10.6. The van der Waals surface area contributed by atoms with E-state index in [1.807, 2.05) is 13.8 Å². The summed E-state index contributed by atoms with van der Waals surface area (Å²) in [4.78, 5) is 15.2. The number of rotatable bonds is 3. The average Bonchev–Trinajstić information content (AvgIpc) is 2.94. The molecule has 0 aliphatic heterocycles. The Bertz CT molecular complexity index is 585. The molecule has 96 valence electrons. The Morgan fingerprint density at radius 3 is 2.83 bits per heavy atom. The fourth-order valence-electron chi connectivity index (χ4n) is 1.60. The van der Waals surface area contributed by atoms with Crippen LogP contribution in [-0.2, 0) is 11.3 Å². The second-order valence-electron chi connectivity index (χ2n) is 3.64. The second kappa shape index (κ2) is 4.47. The number of anilines is 1. The zero-order chi connectivity index (χ0) is 13.3. The van der Waals surface area contributed by atoms with Gasteiger partial charge in [0.2, 0.25) is 0 Å². The summed E-state index contributed by atoms with van der Waals surface area (Å²) in [6.07, 6.45) is 1.41. The molecule has 0 spiro atoms. The molecule has 18 heavy (non-hydrogen) atoms. The zero-order valence-corrected chi connectivity index (χ0v) is 10.4. The van der Waals surface area contributed by atoms with Crippen LogP contribution >= 0.6 is 0 Å². The van der Waals surface area contributed by atoms with E-state index in [9.17, 15) is 4.79 Å². The monoisotopic (exact) mass is 250 g/mol. The fourth-order valence-corrected chi connectivity index (χ4v) is 1.60. The number of ether oxygens (including phenoxy) is 1. The van der Waals surface area contributed by atoms with E-state index in [1.54, 1.807) is 4.68 Å². The molecule has 0 aliphatic carbocycles. The first-order valence-electron chi connectivity index (χ1n) is 5.41. The van der Waals surface area contributed by atoms with Gasteiger partial charge in [0.15, 0.2) is 5.82 Å². The van der Waals surface area contributed by atoms with Crippen LogP contribution in [0.3, 0.4) is 0 Å². The van der Waals surface area contributed by atoms with Crippen molar-refractivity contribution in [2.75, 3.05) is 12.8 Å². The third-order valence-electron chi connectivity index (χ3n) is 2.52. The summed E-state index contributed by atoms with van der Waals surface area (Å²) in [5.74, 6) is -0.0114. The molecule has 0 bridgehead atoms. The fraction of sp³-hybridized carbons (Fsp3) is 0.400. The number of aromatic nitrogens is 5. The van der Waals surface area contributed by atoms with E-state index in [-0.39, 0.29) is 5.82 Å². The predicted octanol–water partition coefficient (Wildman–Crippen LogP) is 0.161. The molecular weight excluding hydrogens is 236 g/mol. The van der Waals surface area contributed by atoms with Crippen LogP contribution in [0.5, 0.6) is 0 Å². The number of hydrogen-bond donors (Lipinski definition) is 1. The third kappa shape index (κ3) is 1.81. The lowest BCUT2D eigenvalue weighted by molar-refractivity contribution is 0.0587. The van der Waals surface area contributed by atoms with Crippen molar-refractivity contribution in [3.05, 3.63) is 17.8 Å². The Labute approximate surface area is 103 Å². The molecule has 2 N–H and O–H groups in total. The molecule has 0 unspecified atom stereocenters. The number of hydrogen-bond acceptors (Lipinski definition) is 6. The molecule has 2 heterocycles. The lowest BCUT2D eigenvalue weighted by Crippen LogP contribution is -2.10. The van der Waals surface area contributed by atoms with Crippen molar-refractivity contribution < 1.29 is 9.53 Å². The molecule has 0 amide bonds. The summed E-state index contributed by atoms with van der Waals surface area (Å²) in [6, 6.07) is 0. The average molecular weight is 250 g/mol. The minimum atomic E-state index is -0.591. The van der Waals surface area contributed by atoms with Crippen molar-refractivity contribution in [1.29, 1.82) is 0 Å². The molecule has 0 aromatic carbocycles. The number of nitrogen functional groups attached to an aromatic ring is 1. The van der Waals surface area contributed by atoms with Gasteiger partial charge in [-0.15, -0.1) is 5.10 Å². The SMILES string of the molecule is CCn1nc(C)c(N)c1-n1cnc(C(=O)OC)n1. The molecule has 0 radical (unpaired) electrons. The first-order chi connectivity index (χ1) is 8.58. The number of methoxy groups -OCH3 is 1. The van der Waals surface area contributed by atoms with Crippen LogP contribution in [0, 0.1) is 6.92 Å². The highest BCUT2D eigenvalue weighted by atomic mass is 16.5. The maximum absolute atomic E-state index is 11.3. The van der Waals surface area contributed by atoms with Gasteiger partial charge in [-0.3, -0.25) is 0 Å². The van der Waals surface area contributed by atoms with Crippen LogP contribution in [-0.4, -0.2) is 37.6 Å². The standard InChI is InChI=1S/C10H14N6O2/c1-4-15-9(7(11)6(2)13-15)16-5-12-8(14-16)10(17)18-3/h5H,4,11H2,1-3H3. The van der Waals surface area contributed by atoms with Gasteiger partial charge in [-0.2, -0.15) is 9.78 Å². The number of nitrogens with two attached hydrogens (primary N) is 1. The van der Waals surface area contributed by atoms with Gasteiger partial charge in [0, 0.05) is 6.54 Å². The third-order valence-corrected chi connectivity index (χ3v) is 2.52. The molecule has 2 rings (SSSR count). The molecule has 0 atom stereocenters. The summed E-state index contributed by atoms with van der Waals surface area (Å²) in [7, 11) is 1.28. The minimum absolute atomic E-state index is 0.0154. The van der Waals surface area contributed by atoms with Gasteiger partial charge in [-0.25, -0.2) is 14.5 Å². The Morgan fingerprint density at radius 2 is 2.22 bits per heavy atom. The van der Waals surface area contributed by atoms with Crippen molar-refractivity contribution in [3.8, 4) is 5.82 Å². The Kier molecular flexibility index (Phi) is 3.00. The van der Waals surface area contributed by atoms with Crippen molar-refractivity contribution >= 4 is 11.7 Å². The summed E-state index contributed by atoms with van der Waals surface area (Å²) in [5, 5.41) is 8.29. The quantitative estimate of drug-likeness (QED) is 0.779. The van der Waals surface area contributed by atoms with E-state index in [2.05, 4.69) is 19.9 Å². The number of carbonyl (C=O) groups excluding carboxylic acids is 1. The molecule has 2 aromatic heterocycles. The molecule has 2 aromatic rings. The van der Waals surface area contributed by atoms with Crippen LogP contribution in [0.2, 0.25) is 0 Å². The van der Waals surface area contributed by atoms with Gasteiger partial charge in [-0.1, -0.05) is 0 Å². The largest absolute Gasteiger partial charge is 0.463 e. The molecule has 8 nitrogen and oxygen atoms in total.